The van der Waals surface area contributed by atoms with Crippen molar-refractivity contribution in [3.05, 3.63) is 44.7 Å². The van der Waals surface area contributed by atoms with E-state index in [1.54, 1.807) is 18.2 Å². The molecule has 1 fully saturated rings. The number of H-pyrrole nitrogens is 1. The van der Waals surface area contributed by atoms with Crippen molar-refractivity contribution >= 4 is 45.1 Å². The van der Waals surface area contributed by atoms with Crippen molar-refractivity contribution in [3.8, 4) is 0 Å². The number of hydrogen-bond acceptors (Lipinski definition) is 4. The van der Waals surface area contributed by atoms with Crippen LogP contribution in [0.5, 0.6) is 0 Å². The largest absolute Gasteiger partial charge is 0.391 e. The molecule has 8 heteroatoms. The molecule has 0 spiro atoms. The molecule has 0 saturated carbocycles. The van der Waals surface area contributed by atoms with Crippen molar-refractivity contribution in [2.75, 3.05) is 19.6 Å². The topological polar surface area (TPSA) is 94.2 Å². The Kier molecular flexibility index (Phi) is 5.80. The fraction of sp³-hybridized carbons (Fsp3) is 0.333. The Morgan fingerprint density at radius 3 is 2.83 bits per heavy atom. The van der Waals surface area contributed by atoms with Gasteiger partial charge in [0.15, 0.2) is 0 Å². The molecule has 1 aromatic carbocycles. The van der Waals surface area contributed by atoms with Gasteiger partial charge in [0.2, 0.25) is 5.56 Å². The molecule has 0 radical (unpaired) electrons. The third-order valence-corrected chi connectivity index (χ3v) is 4.37. The molecule has 6 nitrogen and oxygen atoms in total. The zero-order valence-corrected chi connectivity index (χ0v) is 14.5. The number of halogens is 2. The maximum absolute atomic E-state index is 12.4. The molecule has 3 rings (SSSR count). The smallest absolute Gasteiger partial charge is 0.252 e. The highest BCUT2D eigenvalue weighted by atomic mass is 79.9. The summed E-state index contributed by atoms with van der Waals surface area (Å²) in [5.74, 6) is -0.322. The number of aromatic amines is 1. The van der Waals surface area contributed by atoms with Crippen LogP contribution >= 0.6 is 28.3 Å². The number of aliphatic hydroxyl groups is 1. The SMILES string of the molecule is Cl.O=C(NCC1CNCC1O)c1cc(=O)[nH]c2ccc(Br)cc12. The Morgan fingerprint density at radius 2 is 2.13 bits per heavy atom. The van der Waals surface area contributed by atoms with Gasteiger partial charge >= 0.3 is 0 Å². The molecule has 2 heterocycles. The van der Waals surface area contributed by atoms with Crippen LogP contribution in [0.4, 0.5) is 0 Å². The van der Waals surface area contributed by atoms with E-state index in [-0.39, 0.29) is 29.8 Å². The minimum Gasteiger partial charge on any atom is -0.391 e. The van der Waals surface area contributed by atoms with Gasteiger partial charge in [-0.3, -0.25) is 9.59 Å². The average molecular weight is 403 g/mol. The van der Waals surface area contributed by atoms with Crippen LogP contribution in [0.15, 0.2) is 33.5 Å². The highest BCUT2D eigenvalue weighted by Crippen LogP contribution is 2.20. The number of rotatable bonds is 3. The standard InChI is InChI=1S/C15H16BrN3O3.ClH/c16-9-1-2-12-10(3-9)11(4-14(21)19-12)15(22)18-6-8-5-17-7-13(8)20;/h1-4,8,13,17,20H,5-7H2,(H,18,22)(H,19,21);1H. The summed E-state index contributed by atoms with van der Waals surface area (Å²) in [6.45, 7) is 1.58. The summed E-state index contributed by atoms with van der Waals surface area (Å²) in [6, 6.07) is 6.66. The van der Waals surface area contributed by atoms with Crippen molar-refractivity contribution in [1.82, 2.24) is 15.6 Å². The van der Waals surface area contributed by atoms with Gasteiger partial charge < -0.3 is 20.7 Å². The summed E-state index contributed by atoms with van der Waals surface area (Å²) in [6.07, 6.45) is -0.453. The van der Waals surface area contributed by atoms with Gasteiger partial charge in [-0.05, 0) is 18.2 Å². The van der Waals surface area contributed by atoms with E-state index < -0.39 is 6.10 Å². The first-order chi connectivity index (χ1) is 10.5. The average Bonchev–Trinajstić information content (AvgIpc) is 2.89. The molecule has 2 unspecified atom stereocenters. The predicted octanol–water partition coefficient (Wildman–Crippen LogP) is 1.02. The summed E-state index contributed by atoms with van der Waals surface area (Å²) >= 11 is 3.37. The number of aromatic nitrogens is 1. The maximum atomic E-state index is 12.4. The summed E-state index contributed by atoms with van der Waals surface area (Å²) in [5.41, 5.74) is 0.631. The second kappa shape index (κ2) is 7.44. The number of nitrogens with one attached hydrogen (secondary N) is 3. The van der Waals surface area contributed by atoms with Gasteiger partial charge in [0.05, 0.1) is 11.7 Å². The van der Waals surface area contributed by atoms with E-state index >= 15 is 0 Å². The summed E-state index contributed by atoms with van der Waals surface area (Å²) < 4.78 is 0.830. The lowest BCUT2D eigenvalue weighted by atomic mass is 10.1. The lowest BCUT2D eigenvalue weighted by Gasteiger charge is -2.14. The minimum absolute atomic E-state index is 0. The number of carbonyl (C=O) groups excluding carboxylic acids is 1. The third-order valence-electron chi connectivity index (χ3n) is 3.88. The lowest BCUT2D eigenvalue weighted by Crippen LogP contribution is -2.34. The Hall–Kier alpha value is -1.41. The second-order valence-corrected chi connectivity index (χ2v) is 6.35. The molecule has 0 bridgehead atoms. The molecule has 1 amide bonds. The van der Waals surface area contributed by atoms with Crippen LogP contribution in [0.3, 0.4) is 0 Å². The van der Waals surface area contributed by atoms with Crippen LogP contribution in [-0.2, 0) is 0 Å². The second-order valence-electron chi connectivity index (χ2n) is 5.43. The molecule has 1 aliphatic rings. The van der Waals surface area contributed by atoms with Gasteiger partial charge in [0.25, 0.3) is 5.91 Å². The third kappa shape index (κ3) is 3.92. The number of aliphatic hydroxyl groups excluding tert-OH is 1. The van der Waals surface area contributed by atoms with Gasteiger partial charge in [-0.15, -0.1) is 12.4 Å². The maximum Gasteiger partial charge on any atom is 0.252 e. The molecular formula is C15H17BrClN3O3. The first-order valence-electron chi connectivity index (χ1n) is 7.04. The van der Waals surface area contributed by atoms with E-state index in [0.717, 1.165) is 4.47 Å². The summed E-state index contributed by atoms with van der Waals surface area (Å²) in [5, 5.41) is 16.3. The molecule has 23 heavy (non-hydrogen) atoms. The van der Waals surface area contributed by atoms with Crippen LogP contribution < -0.4 is 16.2 Å². The Morgan fingerprint density at radius 1 is 1.35 bits per heavy atom. The van der Waals surface area contributed by atoms with E-state index in [2.05, 4.69) is 31.5 Å². The van der Waals surface area contributed by atoms with Gasteiger partial charge in [0.1, 0.15) is 0 Å². The highest BCUT2D eigenvalue weighted by Gasteiger charge is 2.25. The number of hydrogen-bond donors (Lipinski definition) is 4. The van der Waals surface area contributed by atoms with Gasteiger partial charge in [-0.1, -0.05) is 15.9 Å². The van der Waals surface area contributed by atoms with Crippen molar-refractivity contribution < 1.29 is 9.90 Å². The van der Waals surface area contributed by atoms with Crippen LogP contribution in [-0.4, -0.2) is 41.7 Å². The summed E-state index contributed by atoms with van der Waals surface area (Å²) in [4.78, 5) is 26.8. The number of carbonyl (C=O) groups is 1. The lowest BCUT2D eigenvalue weighted by molar-refractivity contribution is 0.0928. The Labute approximate surface area is 147 Å². The van der Waals surface area contributed by atoms with Gasteiger partial charge in [-0.25, -0.2) is 0 Å². The number of benzene rings is 1. The summed E-state index contributed by atoms with van der Waals surface area (Å²) in [7, 11) is 0. The molecule has 4 N–H and O–H groups in total. The molecule has 1 saturated heterocycles. The molecule has 0 aliphatic carbocycles. The number of β-amino-alcohol motifs (C(OH)–C–C–N with tert-alkyl or cyclic N) is 1. The van der Waals surface area contributed by atoms with Crippen molar-refractivity contribution in [2.24, 2.45) is 5.92 Å². The molecule has 1 aliphatic heterocycles. The van der Waals surface area contributed by atoms with E-state index in [1.807, 2.05) is 0 Å². The first kappa shape index (κ1) is 17.9. The molecule has 2 aromatic rings. The van der Waals surface area contributed by atoms with E-state index in [9.17, 15) is 14.7 Å². The Bertz CT molecular complexity index is 780. The van der Waals surface area contributed by atoms with Crippen molar-refractivity contribution in [3.63, 3.8) is 0 Å². The number of pyridine rings is 1. The normalized spacial score (nSPS) is 20.3. The predicted molar refractivity (Wildman–Crippen MR) is 94.2 cm³/mol. The minimum atomic E-state index is -0.453. The van der Waals surface area contributed by atoms with Crippen LogP contribution in [0.1, 0.15) is 10.4 Å². The van der Waals surface area contributed by atoms with E-state index in [1.165, 1.54) is 6.07 Å². The number of fused-ring (bicyclic) bond motifs is 1. The first-order valence-corrected chi connectivity index (χ1v) is 7.83. The number of amides is 1. The molecule has 1 aromatic heterocycles. The van der Waals surface area contributed by atoms with Crippen LogP contribution in [0.2, 0.25) is 0 Å². The van der Waals surface area contributed by atoms with Gasteiger partial charge in [-0.2, -0.15) is 0 Å². The fourth-order valence-electron chi connectivity index (χ4n) is 2.66. The van der Waals surface area contributed by atoms with Gasteiger partial charge in [0, 0.05) is 47.0 Å². The zero-order chi connectivity index (χ0) is 15.7. The van der Waals surface area contributed by atoms with Crippen LogP contribution in [0, 0.1) is 5.92 Å². The van der Waals surface area contributed by atoms with Crippen molar-refractivity contribution in [1.29, 1.82) is 0 Å². The van der Waals surface area contributed by atoms with Crippen LogP contribution in [0.25, 0.3) is 10.9 Å². The van der Waals surface area contributed by atoms with Crippen molar-refractivity contribution in [2.45, 2.75) is 6.10 Å². The van der Waals surface area contributed by atoms with E-state index in [4.69, 9.17) is 0 Å². The quantitative estimate of drug-likeness (QED) is 0.617. The fourth-order valence-corrected chi connectivity index (χ4v) is 3.02. The molecular weight excluding hydrogens is 386 g/mol. The zero-order valence-electron chi connectivity index (χ0n) is 12.1. The molecule has 2 atom stereocenters. The Balaban J connectivity index is 0.00000192. The monoisotopic (exact) mass is 401 g/mol. The molecule has 124 valence electrons. The van der Waals surface area contributed by atoms with E-state index in [0.29, 0.717) is 36.1 Å². The highest BCUT2D eigenvalue weighted by molar-refractivity contribution is 9.10.